The third-order valence-corrected chi connectivity index (χ3v) is 4.60. The Labute approximate surface area is 173 Å². The Morgan fingerprint density at radius 1 is 1.03 bits per heavy atom. The molecular formula is C21H21ClN2O5. The Balaban J connectivity index is 1.80. The van der Waals surface area contributed by atoms with Crippen LogP contribution in [0.15, 0.2) is 47.0 Å². The Kier molecular flexibility index (Phi) is 6.29. The fourth-order valence-corrected chi connectivity index (χ4v) is 3.00. The molecule has 0 saturated carbocycles. The molecule has 1 aromatic heterocycles. The molecule has 0 radical (unpaired) electrons. The molecule has 0 unspecified atom stereocenters. The maximum absolute atomic E-state index is 12.6. The van der Waals surface area contributed by atoms with Crippen LogP contribution >= 0.6 is 11.6 Å². The van der Waals surface area contributed by atoms with E-state index in [1.807, 2.05) is 0 Å². The summed E-state index contributed by atoms with van der Waals surface area (Å²) in [5.41, 5.74) is 1.87. The minimum Gasteiger partial charge on any atom is -0.493 e. The molecule has 0 N–H and O–H groups in total. The van der Waals surface area contributed by atoms with Gasteiger partial charge in [0.1, 0.15) is 5.69 Å². The zero-order valence-electron chi connectivity index (χ0n) is 16.6. The number of halogens is 1. The van der Waals surface area contributed by atoms with E-state index >= 15 is 0 Å². The largest absolute Gasteiger partial charge is 0.493 e. The van der Waals surface area contributed by atoms with Crippen molar-refractivity contribution in [1.82, 2.24) is 10.1 Å². The summed E-state index contributed by atoms with van der Waals surface area (Å²) in [5, 5.41) is 4.65. The molecule has 29 heavy (non-hydrogen) atoms. The monoisotopic (exact) mass is 416 g/mol. The first-order valence-corrected chi connectivity index (χ1v) is 9.11. The van der Waals surface area contributed by atoms with Crippen molar-refractivity contribution in [2.24, 2.45) is 0 Å². The number of methoxy groups -OCH3 is 3. The van der Waals surface area contributed by atoms with E-state index in [1.54, 1.807) is 75.7 Å². The first kappa shape index (κ1) is 20.5. The van der Waals surface area contributed by atoms with Crippen molar-refractivity contribution in [3.63, 3.8) is 0 Å². The van der Waals surface area contributed by atoms with Crippen LogP contribution in [0.1, 0.15) is 16.1 Å². The molecule has 3 rings (SSSR count). The van der Waals surface area contributed by atoms with Crippen LogP contribution < -0.4 is 14.2 Å². The summed E-state index contributed by atoms with van der Waals surface area (Å²) in [6.45, 7) is 0.287. The second-order valence-electron chi connectivity index (χ2n) is 6.26. The van der Waals surface area contributed by atoms with Crippen molar-refractivity contribution < 1.29 is 23.5 Å². The van der Waals surface area contributed by atoms with Crippen LogP contribution in [0.25, 0.3) is 11.3 Å². The minimum absolute atomic E-state index is 0.140. The van der Waals surface area contributed by atoms with Crippen molar-refractivity contribution >= 4 is 17.5 Å². The summed E-state index contributed by atoms with van der Waals surface area (Å²) in [6.07, 6.45) is 0. The maximum Gasteiger partial charge on any atom is 0.253 e. The van der Waals surface area contributed by atoms with E-state index < -0.39 is 0 Å². The Morgan fingerprint density at radius 2 is 1.66 bits per heavy atom. The van der Waals surface area contributed by atoms with Gasteiger partial charge < -0.3 is 23.6 Å². The van der Waals surface area contributed by atoms with Gasteiger partial charge in [0.25, 0.3) is 5.91 Å². The SMILES string of the molecule is COc1cc(-c2cc(CN(C)C(=O)c3ccc(Cl)cc3)no2)cc(OC)c1OC. The smallest absolute Gasteiger partial charge is 0.253 e. The van der Waals surface area contributed by atoms with E-state index in [4.69, 9.17) is 30.3 Å². The second kappa shape index (κ2) is 8.87. The normalized spacial score (nSPS) is 10.5. The fraction of sp³-hybridized carbons (Fsp3) is 0.238. The summed E-state index contributed by atoms with van der Waals surface area (Å²) in [4.78, 5) is 14.1. The molecule has 0 spiro atoms. The number of amides is 1. The van der Waals surface area contributed by atoms with E-state index in [9.17, 15) is 4.79 Å². The molecule has 152 valence electrons. The highest BCUT2D eigenvalue weighted by Crippen LogP contribution is 2.41. The van der Waals surface area contributed by atoms with Gasteiger partial charge in [-0.1, -0.05) is 16.8 Å². The topological polar surface area (TPSA) is 74.0 Å². The standard InChI is InChI=1S/C21H21ClN2O5/c1-24(21(25)13-5-7-15(22)8-6-13)12-16-11-17(29-23-16)14-9-18(26-2)20(28-4)19(10-14)27-3/h5-11H,12H2,1-4H3. The summed E-state index contributed by atoms with van der Waals surface area (Å²) < 4.78 is 21.5. The van der Waals surface area contributed by atoms with Gasteiger partial charge >= 0.3 is 0 Å². The van der Waals surface area contributed by atoms with Crippen LogP contribution in [0.5, 0.6) is 17.2 Å². The molecule has 0 aliphatic rings. The average molecular weight is 417 g/mol. The maximum atomic E-state index is 12.6. The van der Waals surface area contributed by atoms with Crippen LogP contribution in [0.3, 0.4) is 0 Å². The highest BCUT2D eigenvalue weighted by molar-refractivity contribution is 6.30. The first-order chi connectivity index (χ1) is 14.0. The Hall–Kier alpha value is -3.19. The van der Waals surface area contributed by atoms with Crippen molar-refractivity contribution in [1.29, 1.82) is 0 Å². The number of aromatic nitrogens is 1. The molecule has 0 bridgehead atoms. The lowest BCUT2D eigenvalue weighted by Crippen LogP contribution is -2.26. The van der Waals surface area contributed by atoms with Crippen molar-refractivity contribution in [3.8, 4) is 28.6 Å². The van der Waals surface area contributed by atoms with E-state index in [0.717, 1.165) is 0 Å². The molecule has 1 heterocycles. The van der Waals surface area contributed by atoms with Gasteiger partial charge in [0.15, 0.2) is 17.3 Å². The Morgan fingerprint density at radius 3 is 2.21 bits per heavy atom. The zero-order chi connectivity index (χ0) is 21.0. The average Bonchev–Trinajstić information content (AvgIpc) is 3.21. The van der Waals surface area contributed by atoms with E-state index in [-0.39, 0.29) is 12.5 Å². The lowest BCUT2D eigenvalue weighted by molar-refractivity contribution is 0.0782. The number of hydrogen-bond acceptors (Lipinski definition) is 6. The number of nitrogens with zero attached hydrogens (tertiary/aromatic N) is 2. The van der Waals surface area contributed by atoms with Crippen LogP contribution in [0, 0.1) is 0 Å². The molecule has 2 aromatic carbocycles. The minimum atomic E-state index is -0.140. The van der Waals surface area contributed by atoms with Crippen LogP contribution in [0.4, 0.5) is 0 Å². The molecule has 0 aliphatic heterocycles. The lowest BCUT2D eigenvalue weighted by atomic mass is 10.1. The third kappa shape index (κ3) is 4.46. The first-order valence-electron chi connectivity index (χ1n) is 8.73. The summed E-state index contributed by atoms with van der Waals surface area (Å²) >= 11 is 5.88. The molecule has 0 atom stereocenters. The van der Waals surface area contributed by atoms with E-state index in [2.05, 4.69) is 5.16 Å². The number of benzene rings is 2. The van der Waals surface area contributed by atoms with Gasteiger partial charge in [-0.05, 0) is 36.4 Å². The Bertz CT molecular complexity index is 976. The van der Waals surface area contributed by atoms with Gasteiger partial charge in [0.05, 0.1) is 27.9 Å². The molecule has 3 aromatic rings. The van der Waals surface area contributed by atoms with Gasteiger partial charge in [-0.25, -0.2) is 0 Å². The number of carbonyl (C=O) groups excluding carboxylic acids is 1. The third-order valence-electron chi connectivity index (χ3n) is 4.35. The molecule has 0 saturated heterocycles. The molecule has 0 fully saturated rings. The predicted octanol–water partition coefficient (Wildman–Crippen LogP) is 4.29. The molecule has 1 amide bonds. The van der Waals surface area contributed by atoms with Gasteiger partial charge in [0, 0.05) is 29.3 Å². The quantitative estimate of drug-likeness (QED) is 0.572. The van der Waals surface area contributed by atoms with Gasteiger partial charge in [-0.15, -0.1) is 0 Å². The van der Waals surface area contributed by atoms with Crippen molar-refractivity contribution in [2.45, 2.75) is 6.54 Å². The van der Waals surface area contributed by atoms with E-state index in [1.165, 1.54) is 0 Å². The summed E-state index contributed by atoms with van der Waals surface area (Å²) in [7, 11) is 6.33. The number of hydrogen-bond donors (Lipinski definition) is 0. The highest BCUT2D eigenvalue weighted by atomic mass is 35.5. The second-order valence-corrected chi connectivity index (χ2v) is 6.70. The molecule has 0 aliphatic carbocycles. The molecular weight excluding hydrogens is 396 g/mol. The van der Waals surface area contributed by atoms with Gasteiger partial charge in [-0.3, -0.25) is 4.79 Å². The fourth-order valence-electron chi connectivity index (χ4n) is 2.87. The highest BCUT2D eigenvalue weighted by Gasteiger charge is 2.18. The van der Waals surface area contributed by atoms with E-state index in [0.29, 0.717) is 44.9 Å². The summed E-state index contributed by atoms with van der Waals surface area (Å²) in [6, 6.07) is 12.0. The van der Waals surface area contributed by atoms with Crippen LogP contribution in [-0.4, -0.2) is 44.3 Å². The van der Waals surface area contributed by atoms with Crippen LogP contribution in [0.2, 0.25) is 5.02 Å². The van der Waals surface area contributed by atoms with Gasteiger partial charge in [0.2, 0.25) is 5.75 Å². The lowest BCUT2D eigenvalue weighted by Gasteiger charge is -2.15. The predicted molar refractivity (Wildman–Crippen MR) is 109 cm³/mol. The van der Waals surface area contributed by atoms with Crippen molar-refractivity contribution in [3.05, 3.63) is 58.7 Å². The molecule has 8 heteroatoms. The van der Waals surface area contributed by atoms with Gasteiger partial charge in [-0.2, -0.15) is 0 Å². The zero-order valence-corrected chi connectivity index (χ0v) is 17.3. The number of ether oxygens (including phenoxy) is 3. The molecule has 7 nitrogen and oxygen atoms in total. The van der Waals surface area contributed by atoms with Crippen LogP contribution in [-0.2, 0) is 6.54 Å². The van der Waals surface area contributed by atoms with Crippen molar-refractivity contribution in [2.75, 3.05) is 28.4 Å². The number of carbonyl (C=O) groups is 1. The summed E-state index contributed by atoms with van der Waals surface area (Å²) in [5.74, 6) is 1.89. The number of rotatable bonds is 7.